The largest absolute Gasteiger partial charge is 0.465 e. The van der Waals surface area contributed by atoms with E-state index in [-0.39, 0.29) is 11.8 Å². The maximum Gasteiger partial charge on any atom is 0.337 e. The van der Waals surface area contributed by atoms with Crippen LogP contribution in [0.25, 0.3) is 5.57 Å². The minimum absolute atomic E-state index is 0.187. The number of carbonyl (C=O) groups is 1. The van der Waals surface area contributed by atoms with E-state index in [1.165, 1.54) is 7.11 Å². The van der Waals surface area contributed by atoms with Gasteiger partial charge in [0.1, 0.15) is 5.82 Å². The van der Waals surface area contributed by atoms with Gasteiger partial charge in [0, 0.05) is 5.56 Å². The van der Waals surface area contributed by atoms with Gasteiger partial charge in [-0.3, -0.25) is 0 Å². The van der Waals surface area contributed by atoms with Crippen molar-refractivity contribution in [2.75, 3.05) is 7.11 Å². The number of rotatable bonds is 2. The van der Waals surface area contributed by atoms with Gasteiger partial charge in [-0.15, -0.1) is 0 Å². The number of hydrogen-bond acceptors (Lipinski definition) is 2. The fourth-order valence-corrected chi connectivity index (χ4v) is 3.12. The minimum Gasteiger partial charge on any atom is -0.465 e. The highest BCUT2D eigenvalue weighted by Gasteiger charge is 2.21. The molecule has 0 bridgehead atoms. The van der Waals surface area contributed by atoms with Gasteiger partial charge in [-0.2, -0.15) is 0 Å². The van der Waals surface area contributed by atoms with Gasteiger partial charge in [0.15, 0.2) is 0 Å². The van der Waals surface area contributed by atoms with E-state index >= 15 is 0 Å². The smallest absolute Gasteiger partial charge is 0.337 e. The molecule has 0 radical (unpaired) electrons. The fourth-order valence-electron chi connectivity index (χ4n) is 3.12. The van der Waals surface area contributed by atoms with Crippen molar-refractivity contribution in [3.8, 4) is 0 Å². The van der Waals surface area contributed by atoms with Crippen molar-refractivity contribution >= 4 is 11.5 Å². The van der Waals surface area contributed by atoms with Crippen molar-refractivity contribution < 1.29 is 13.9 Å². The Morgan fingerprint density at radius 2 is 1.87 bits per heavy atom. The maximum absolute atomic E-state index is 14.7. The average molecular weight is 310 g/mol. The Kier molecular flexibility index (Phi) is 4.03. The molecule has 0 unspecified atom stereocenters. The lowest BCUT2D eigenvalue weighted by molar-refractivity contribution is 0.0600. The van der Waals surface area contributed by atoms with E-state index in [0.717, 1.165) is 35.1 Å². The zero-order valence-corrected chi connectivity index (χ0v) is 13.6. The maximum atomic E-state index is 14.7. The van der Waals surface area contributed by atoms with Crippen LogP contribution in [0.2, 0.25) is 0 Å². The molecule has 0 heterocycles. The number of benzene rings is 2. The minimum atomic E-state index is -0.376. The van der Waals surface area contributed by atoms with Crippen molar-refractivity contribution in [1.82, 2.24) is 0 Å². The lowest BCUT2D eigenvalue weighted by Gasteiger charge is -2.21. The number of hydrogen-bond donors (Lipinski definition) is 0. The molecular formula is C20H19FO2. The summed E-state index contributed by atoms with van der Waals surface area (Å²) in [5.41, 5.74) is 5.58. The van der Waals surface area contributed by atoms with Crippen molar-refractivity contribution in [2.24, 2.45) is 0 Å². The second-order valence-corrected chi connectivity index (χ2v) is 5.91. The van der Waals surface area contributed by atoms with Gasteiger partial charge in [-0.05, 0) is 66.6 Å². The third-order valence-corrected chi connectivity index (χ3v) is 4.40. The number of halogens is 1. The van der Waals surface area contributed by atoms with Crippen LogP contribution in [0.4, 0.5) is 4.39 Å². The van der Waals surface area contributed by atoms with Crippen molar-refractivity contribution in [2.45, 2.75) is 26.7 Å². The van der Waals surface area contributed by atoms with Gasteiger partial charge in [-0.1, -0.05) is 24.3 Å². The molecule has 2 nitrogen and oxygen atoms in total. The number of esters is 1. The molecule has 23 heavy (non-hydrogen) atoms. The predicted octanol–water partition coefficient (Wildman–Crippen LogP) is 4.61. The van der Waals surface area contributed by atoms with Crippen molar-refractivity contribution in [3.63, 3.8) is 0 Å². The SMILES string of the molecule is COC(=O)c1ccc2c(c1)C(c1c(C)ccc(C)c1F)=CCC2. The Morgan fingerprint density at radius 3 is 2.61 bits per heavy atom. The molecule has 0 saturated carbocycles. The van der Waals surface area contributed by atoms with Crippen LogP contribution >= 0.6 is 0 Å². The second kappa shape index (κ2) is 5.99. The number of methoxy groups -OCH3 is 1. The molecule has 0 amide bonds. The number of carbonyl (C=O) groups excluding carboxylic acids is 1. The van der Waals surface area contributed by atoms with Gasteiger partial charge in [0.05, 0.1) is 12.7 Å². The third kappa shape index (κ3) is 2.67. The van der Waals surface area contributed by atoms with E-state index in [9.17, 15) is 9.18 Å². The first-order valence-corrected chi connectivity index (χ1v) is 7.70. The van der Waals surface area contributed by atoms with E-state index in [1.54, 1.807) is 19.1 Å². The summed E-state index contributed by atoms with van der Waals surface area (Å²) >= 11 is 0. The van der Waals surface area contributed by atoms with Crippen LogP contribution in [0.5, 0.6) is 0 Å². The summed E-state index contributed by atoms with van der Waals surface area (Å²) in [6.45, 7) is 3.69. The summed E-state index contributed by atoms with van der Waals surface area (Å²) < 4.78 is 19.5. The van der Waals surface area contributed by atoms with Crippen LogP contribution in [0.3, 0.4) is 0 Å². The Balaban J connectivity index is 2.20. The highest BCUT2D eigenvalue weighted by Crippen LogP contribution is 2.36. The summed E-state index contributed by atoms with van der Waals surface area (Å²) in [6.07, 6.45) is 3.83. The lowest BCUT2D eigenvalue weighted by Crippen LogP contribution is -2.08. The Bertz CT molecular complexity index is 819. The molecule has 2 aromatic carbocycles. The topological polar surface area (TPSA) is 26.3 Å². The normalized spacial score (nSPS) is 13.3. The molecule has 0 aromatic heterocycles. The quantitative estimate of drug-likeness (QED) is 0.757. The van der Waals surface area contributed by atoms with Crippen molar-refractivity contribution in [1.29, 1.82) is 0 Å². The van der Waals surface area contributed by atoms with Gasteiger partial charge >= 0.3 is 5.97 Å². The average Bonchev–Trinajstić information content (AvgIpc) is 2.57. The first-order valence-electron chi connectivity index (χ1n) is 7.70. The van der Waals surface area contributed by atoms with Gasteiger partial charge < -0.3 is 4.74 Å². The van der Waals surface area contributed by atoms with E-state index in [0.29, 0.717) is 16.7 Å². The van der Waals surface area contributed by atoms with Gasteiger partial charge in [0.25, 0.3) is 0 Å². The highest BCUT2D eigenvalue weighted by molar-refractivity contribution is 5.93. The molecule has 0 spiro atoms. The molecule has 0 N–H and O–H groups in total. The lowest BCUT2D eigenvalue weighted by atomic mass is 9.83. The number of aryl methyl sites for hydroxylation is 3. The Morgan fingerprint density at radius 1 is 1.13 bits per heavy atom. The van der Waals surface area contributed by atoms with Crippen LogP contribution in [-0.2, 0) is 11.2 Å². The molecule has 3 heteroatoms. The molecule has 0 aliphatic heterocycles. The standard InChI is InChI=1S/C20H19FO2/c1-12-7-8-13(2)19(21)18(12)16-6-4-5-14-9-10-15(11-17(14)16)20(22)23-3/h6-11H,4-5H2,1-3H3. The Hall–Kier alpha value is -2.42. The first-order chi connectivity index (χ1) is 11.0. The van der Waals surface area contributed by atoms with Crippen LogP contribution in [-0.4, -0.2) is 13.1 Å². The first kappa shape index (κ1) is 15.5. The third-order valence-electron chi connectivity index (χ3n) is 4.40. The molecule has 118 valence electrons. The summed E-state index contributed by atoms with van der Waals surface area (Å²) in [4.78, 5) is 11.8. The van der Waals surface area contributed by atoms with Crippen LogP contribution < -0.4 is 0 Å². The summed E-state index contributed by atoms with van der Waals surface area (Å²) in [5, 5.41) is 0. The van der Waals surface area contributed by atoms with Gasteiger partial charge in [0.2, 0.25) is 0 Å². The van der Waals surface area contributed by atoms with E-state index < -0.39 is 0 Å². The number of fused-ring (bicyclic) bond motifs is 1. The molecule has 2 aromatic rings. The summed E-state index contributed by atoms with van der Waals surface area (Å²) in [5.74, 6) is -0.563. The molecule has 0 saturated heterocycles. The second-order valence-electron chi connectivity index (χ2n) is 5.91. The van der Waals surface area contributed by atoms with Gasteiger partial charge in [-0.25, -0.2) is 9.18 Å². The molecule has 1 aliphatic carbocycles. The number of ether oxygens (including phenoxy) is 1. The number of allylic oxidation sites excluding steroid dienone is 1. The summed E-state index contributed by atoms with van der Waals surface area (Å²) in [6, 6.07) is 9.26. The monoisotopic (exact) mass is 310 g/mol. The van der Waals surface area contributed by atoms with Crippen LogP contribution in [0.1, 0.15) is 44.6 Å². The van der Waals surface area contributed by atoms with E-state index in [4.69, 9.17) is 4.74 Å². The zero-order chi connectivity index (χ0) is 16.6. The predicted molar refractivity (Wildman–Crippen MR) is 89.1 cm³/mol. The van der Waals surface area contributed by atoms with E-state index in [2.05, 4.69) is 6.08 Å². The fraction of sp³-hybridized carbons (Fsp3) is 0.250. The molecule has 0 fully saturated rings. The van der Waals surface area contributed by atoms with E-state index in [1.807, 2.05) is 25.1 Å². The van der Waals surface area contributed by atoms with Crippen molar-refractivity contribution in [3.05, 3.63) is 75.6 Å². The molecule has 0 atom stereocenters. The molecule has 3 rings (SSSR count). The van der Waals surface area contributed by atoms with Crippen LogP contribution in [0, 0.1) is 19.7 Å². The molecular weight excluding hydrogens is 291 g/mol. The zero-order valence-electron chi connectivity index (χ0n) is 13.6. The highest BCUT2D eigenvalue weighted by atomic mass is 19.1. The summed E-state index contributed by atoms with van der Waals surface area (Å²) in [7, 11) is 1.36. The molecule has 1 aliphatic rings. The van der Waals surface area contributed by atoms with Crippen LogP contribution in [0.15, 0.2) is 36.4 Å². The Labute approximate surface area is 135 Å².